The molecular weight excluding hydrogens is 571 g/mol. The molecule has 42 heavy (non-hydrogen) atoms. The van der Waals surface area contributed by atoms with E-state index in [0.29, 0.717) is 0 Å². The number of aromatic amines is 2. The summed E-state index contributed by atoms with van der Waals surface area (Å²) in [6, 6.07) is 7.31. The number of ether oxygens (including phenoxy) is 2. The third-order valence-corrected chi connectivity index (χ3v) is 8.28. The molecule has 1 aliphatic rings. The first-order valence-corrected chi connectivity index (χ1v) is 14.4. The van der Waals surface area contributed by atoms with E-state index in [1.54, 1.807) is 6.20 Å². The van der Waals surface area contributed by atoms with E-state index in [1.807, 2.05) is 30.3 Å². The Hall–Kier alpha value is -4.22. The van der Waals surface area contributed by atoms with Crippen molar-refractivity contribution in [1.82, 2.24) is 19.6 Å². The predicted octanol–water partition coefficient (Wildman–Crippen LogP) is 2.72. The third kappa shape index (κ3) is 7.15. The van der Waals surface area contributed by atoms with Gasteiger partial charge in [0.2, 0.25) is 0 Å². The van der Waals surface area contributed by atoms with Crippen molar-refractivity contribution in [3.05, 3.63) is 79.1 Å². The Kier molecular flexibility index (Phi) is 9.97. The van der Waals surface area contributed by atoms with Crippen LogP contribution in [0.1, 0.15) is 30.2 Å². The molecule has 4 rings (SSSR count). The Labute approximate surface area is 238 Å². The molecule has 0 bridgehead atoms. The molecular formula is C25H29N8O8P. The molecule has 1 unspecified atom stereocenters. The highest BCUT2D eigenvalue weighted by atomic mass is 31.2. The zero-order chi connectivity index (χ0) is 30.3. The van der Waals surface area contributed by atoms with Crippen LogP contribution in [0.5, 0.6) is 0 Å². The summed E-state index contributed by atoms with van der Waals surface area (Å²) in [7, 11) is -3.12. The van der Waals surface area contributed by atoms with E-state index < -0.39 is 56.0 Å². The number of carbonyl (C=O) groups excluding carboxylic acids is 1. The summed E-state index contributed by atoms with van der Waals surface area (Å²) in [6.45, 7) is 0.806. The molecule has 3 aromatic rings. The molecule has 0 saturated carbocycles. The summed E-state index contributed by atoms with van der Waals surface area (Å²) in [5.74, 6) is -0.732. The summed E-state index contributed by atoms with van der Waals surface area (Å²) in [4.78, 5) is 45.0. The molecule has 16 nitrogen and oxygen atoms in total. The van der Waals surface area contributed by atoms with E-state index in [4.69, 9.17) is 29.3 Å². The van der Waals surface area contributed by atoms with Crippen LogP contribution in [0.3, 0.4) is 0 Å². The van der Waals surface area contributed by atoms with E-state index in [9.17, 15) is 18.9 Å². The van der Waals surface area contributed by atoms with Gasteiger partial charge in [0, 0.05) is 46.6 Å². The zero-order valence-electron chi connectivity index (χ0n) is 22.8. The van der Waals surface area contributed by atoms with Crippen LogP contribution in [0.25, 0.3) is 21.3 Å². The Morgan fingerprint density at radius 3 is 2.90 bits per heavy atom. The second-order valence-corrected chi connectivity index (χ2v) is 11.2. The highest BCUT2D eigenvalue weighted by Crippen LogP contribution is 2.46. The molecule has 0 aliphatic carbocycles. The first kappa shape index (κ1) is 30.7. The van der Waals surface area contributed by atoms with Gasteiger partial charge in [-0.15, -0.1) is 0 Å². The Bertz CT molecular complexity index is 1690. The van der Waals surface area contributed by atoms with Gasteiger partial charge in [0.05, 0.1) is 45.0 Å². The number of carbonyl (C=O) groups is 1. The summed E-state index contributed by atoms with van der Waals surface area (Å²) >= 11 is 0. The number of nitrogens with zero attached hydrogens (tertiary/aromatic N) is 5. The second-order valence-electron chi connectivity index (χ2n) is 9.42. The number of nitriles is 1. The minimum atomic E-state index is -4.31. The topological polar surface area (TPSA) is 226 Å². The molecule has 3 N–H and O–H groups in total. The van der Waals surface area contributed by atoms with Crippen molar-refractivity contribution >= 4 is 24.6 Å². The summed E-state index contributed by atoms with van der Waals surface area (Å²) < 4.78 is 37.0. The van der Waals surface area contributed by atoms with Crippen LogP contribution in [0.15, 0.2) is 51.4 Å². The number of methoxy groups -OCH3 is 1. The monoisotopic (exact) mass is 600 g/mol. The zero-order valence-corrected chi connectivity index (χ0v) is 23.7. The van der Waals surface area contributed by atoms with Gasteiger partial charge in [0.25, 0.3) is 5.56 Å². The molecule has 0 radical (unpaired) electrons. The first-order chi connectivity index (χ1) is 20.2. The standard InChI is InChI=1S/C25H29N8O8P/c1-15-13-33(25(36)29-23(15)34)22-11-19(30-32-27)21(41-22)14-40-42(37,39-9-5-8-26)31-20(24(35)38-2)10-16-12-28-18-7-4-3-6-17(16)18/h3-4,6-7,12-13,19-22,28H,5,9-11,14H2,1-2H3,(H,31,37)(H,29,34,36)/t19-,20-,21+,22+,42?/m0/s1. The highest BCUT2D eigenvalue weighted by Gasteiger charge is 2.40. The second kappa shape index (κ2) is 13.6. The van der Waals surface area contributed by atoms with Gasteiger partial charge in [-0.1, -0.05) is 23.3 Å². The van der Waals surface area contributed by atoms with Crippen LogP contribution < -0.4 is 16.3 Å². The smallest absolute Gasteiger partial charge is 0.406 e. The number of esters is 1. The Balaban J connectivity index is 1.55. The summed E-state index contributed by atoms with van der Waals surface area (Å²) in [5, 5.41) is 16.2. The van der Waals surface area contributed by atoms with Gasteiger partial charge in [-0.3, -0.25) is 28.2 Å². The van der Waals surface area contributed by atoms with E-state index >= 15 is 0 Å². The molecule has 222 valence electrons. The molecule has 0 amide bonds. The lowest BCUT2D eigenvalue weighted by Crippen LogP contribution is -2.39. The maximum absolute atomic E-state index is 13.9. The van der Waals surface area contributed by atoms with Crippen molar-refractivity contribution in [1.29, 1.82) is 5.26 Å². The van der Waals surface area contributed by atoms with E-state index in [1.165, 1.54) is 20.2 Å². The number of hydrogen-bond acceptors (Lipinski definition) is 10. The number of azide groups is 1. The van der Waals surface area contributed by atoms with Crippen molar-refractivity contribution in [3.63, 3.8) is 0 Å². The highest BCUT2D eigenvalue weighted by molar-refractivity contribution is 7.51. The third-order valence-electron chi connectivity index (χ3n) is 6.64. The largest absolute Gasteiger partial charge is 0.468 e. The predicted molar refractivity (Wildman–Crippen MR) is 148 cm³/mol. The van der Waals surface area contributed by atoms with Crippen molar-refractivity contribution in [2.24, 2.45) is 5.11 Å². The lowest BCUT2D eigenvalue weighted by atomic mass is 10.1. The van der Waals surface area contributed by atoms with Crippen molar-refractivity contribution < 1.29 is 27.9 Å². The van der Waals surface area contributed by atoms with Crippen molar-refractivity contribution in [2.75, 3.05) is 20.3 Å². The van der Waals surface area contributed by atoms with Gasteiger partial charge in [0.15, 0.2) is 0 Å². The lowest BCUT2D eigenvalue weighted by Gasteiger charge is -2.25. The summed E-state index contributed by atoms with van der Waals surface area (Å²) in [5.41, 5.74) is 9.66. The number of H-pyrrole nitrogens is 2. The van der Waals surface area contributed by atoms with Gasteiger partial charge < -0.3 is 14.5 Å². The fraction of sp³-hybridized carbons (Fsp3) is 0.440. The van der Waals surface area contributed by atoms with Gasteiger partial charge in [-0.25, -0.2) is 14.4 Å². The summed E-state index contributed by atoms with van der Waals surface area (Å²) in [6.07, 6.45) is 1.15. The van der Waals surface area contributed by atoms with Crippen LogP contribution in [-0.4, -0.2) is 59.0 Å². The first-order valence-electron chi connectivity index (χ1n) is 12.9. The molecule has 2 aromatic heterocycles. The molecule has 1 aliphatic heterocycles. The number of rotatable bonds is 13. The van der Waals surface area contributed by atoms with Gasteiger partial charge in [-0.2, -0.15) is 5.26 Å². The fourth-order valence-corrected chi connectivity index (χ4v) is 6.03. The number of nitrogens with one attached hydrogen (secondary N) is 3. The van der Waals surface area contributed by atoms with Crippen LogP contribution in [0, 0.1) is 18.3 Å². The molecule has 5 atom stereocenters. The normalized spacial score (nSPS) is 20.4. The number of fused-ring (bicyclic) bond motifs is 1. The molecule has 0 spiro atoms. The maximum atomic E-state index is 13.9. The van der Waals surface area contributed by atoms with Gasteiger partial charge in [-0.05, 0) is 24.1 Å². The average molecular weight is 601 g/mol. The molecule has 3 heterocycles. The Morgan fingerprint density at radius 2 is 2.17 bits per heavy atom. The molecule has 17 heteroatoms. The number of para-hydroxylation sites is 1. The van der Waals surface area contributed by atoms with E-state index in [-0.39, 0.29) is 31.4 Å². The molecule has 1 aromatic carbocycles. The number of hydrogen-bond donors (Lipinski definition) is 3. The van der Waals surface area contributed by atoms with E-state index in [2.05, 4.69) is 25.1 Å². The maximum Gasteiger partial charge on any atom is 0.406 e. The number of aryl methyl sites for hydroxylation is 1. The van der Waals surface area contributed by atoms with Crippen LogP contribution >= 0.6 is 7.75 Å². The quantitative estimate of drug-likeness (QED) is 0.0649. The van der Waals surface area contributed by atoms with Crippen LogP contribution in [0.4, 0.5) is 0 Å². The van der Waals surface area contributed by atoms with Crippen LogP contribution in [0.2, 0.25) is 0 Å². The number of aromatic nitrogens is 3. The molecule has 1 saturated heterocycles. The van der Waals surface area contributed by atoms with E-state index in [0.717, 1.165) is 21.0 Å². The molecule has 1 fully saturated rings. The minimum absolute atomic E-state index is 0.0574. The minimum Gasteiger partial charge on any atom is -0.468 e. The Morgan fingerprint density at radius 1 is 1.38 bits per heavy atom. The average Bonchev–Trinajstić information content (AvgIpc) is 3.57. The van der Waals surface area contributed by atoms with Gasteiger partial charge >= 0.3 is 19.4 Å². The fourth-order valence-electron chi connectivity index (χ4n) is 4.55. The van der Waals surface area contributed by atoms with Crippen molar-refractivity contribution in [3.8, 4) is 6.07 Å². The lowest BCUT2D eigenvalue weighted by molar-refractivity contribution is -0.142. The SMILES string of the molecule is COC(=O)[C@H](Cc1c[nH]c2ccccc12)NP(=O)(OCCC#N)OC[C@H]1O[C@@H](n2cc(C)c(=O)[nH]c2=O)C[C@@H]1N=[N+]=[N-]. The number of benzene rings is 1. The van der Waals surface area contributed by atoms with Gasteiger partial charge in [0.1, 0.15) is 12.3 Å². The van der Waals surface area contributed by atoms with Crippen molar-refractivity contribution in [2.45, 2.75) is 50.6 Å². The van der Waals surface area contributed by atoms with Crippen LogP contribution in [-0.2, 0) is 34.3 Å².